The van der Waals surface area contributed by atoms with Gasteiger partial charge in [0.05, 0.1) is 17.6 Å². The third kappa shape index (κ3) is 6.58. The van der Waals surface area contributed by atoms with E-state index in [9.17, 15) is 9.36 Å². The van der Waals surface area contributed by atoms with Crippen LogP contribution < -0.4 is 0 Å². The predicted octanol–water partition coefficient (Wildman–Crippen LogP) is 2.09. The van der Waals surface area contributed by atoms with Crippen LogP contribution in [0, 0.1) is 22.7 Å². The Morgan fingerprint density at radius 3 is 2.41 bits per heavy atom. The third-order valence-electron chi connectivity index (χ3n) is 2.88. The molecule has 0 radical (unpaired) electrons. The second-order valence-corrected chi connectivity index (χ2v) is 6.51. The zero-order valence-corrected chi connectivity index (χ0v) is 11.4. The summed E-state index contributed by atoms with van der Waals surface area (Å²) in [5.74, 6) is -0.177. The van der Waals surface area contributed by atoms with Gasteiger partial charge < -0.3 is 9.79 Å². The summed E-state index contributed by atoms with van der Waals surface area (Å²) in [7, 11) is -4.09. The van der Waals surface area contributed by atoms with Gasteiger partial charge in [0.1, 0.15) is 5.78 Å². The normalized spacial score (nSPS) is 16.9. The van der Waals surface area contributed by atoms with Crippen molar-refractivity contribution < 1.29 is 19.1 Å². The molecule has 0 aliphatic rings. The lowest BCUT2D eigenvalue weighted by molar-refractivity contribution is -0.122. The number of Topliss-reactive ketones (excluding diaryl/α,β-unsaturated/α-hetero) is 1. The summed E-state index contributed by atoms with van der Waals surface area (Å²) >= 11 is 0. The average Bonchev–Trinajstić information content (AvgIpc) is 2.24. The van der Waals surface area contributed by atoms with E-state index in [0.29, 0.717) is 12.8 Å². The van der Waals surface area contributed by atoms with Crippen LogP contribution >= 0.6 is 7.60 Å². The van der Waals surface area contributed by atoms with E-state index in [2.05, 4.69) is 6.07 Å². The maximum atomic E-state index is 11.4. The predicted molar refractivity (Wildman–Crippen MR) is 64.3 cm³/mol. The Balaban J connectivity index is 4.54. The molecule has 5 nitrogen and oxygen atoms in total. The van der Waals surface area contributed by atoms with Crippen molar-refractivity contribution in [2.75, 3.05) is 6.16 Å². The van der Waals surface area contributed by atoms with Gasteiger partial charge in [-0.05, 0) is 19.8 Å². The number of nitrogens with zero attached hydrogens (tertiary/aromatic N) is 1. The molecule has 0 saturated heterocycles. The van der Waals surface area contributed by atoms with Gasteiger partial charge >= 0.3 is 7.60 Å². The number of rotatable bonds is 7. The van der Waals surface area contributed by atoms with Gasteiger partial charge in [-0.2, -0.15) is 5.26 Å². The maximum Gasteiger partial charge on any atom is 0.325 e. The van der Waals surface area contributed by atoms with Crippen molar-refractivity contribution in [1.82, 2.24) is 0 Å². The molecule has 98 valence electrons. The Morgan fingerprint density at radius 2 is 2.06 bits per heavy atom. The zero-order valence-electron chi connectivity index (χ0n) is 10.5. The summed E-state index contributed by atoms with van der Waals surface area (Å²) < 4.78 is 10.8. The highest BCUT2D eigenvalue weighted by molar-refractivity contribution is 7.51. The quantitative estimate of drug-likeness (QED) is 0.684. The fourth-order valence-corrected chi connectivity index (χ4v) is 2.52. The van der Waals surface area contributed by atoms with Crippen LogP contribution in [0.2, 0.25) is 0 Å². The molecule has 2 N–H and O–H groups in total. The maximum absolute atomic E-state index is 11.4. The second-order valence-electron chi connectivity index (χ2n) is 4.74. The van der Waals surface area contributed by atoms with Crippen LogP contribution in [0.3, 0.4) is 0 Å². The molecule has 0 amide bonds. The first-order valence-corrected chi connectivity index (χ1v) is 7.42. The molecule has 2 unspecified atom stereocenters. The topological polar surface area (TPSA) is 98.4 Å². The average molecular weight is 261 g/mol. The van der Waals surface area contributed by atoms with Crippen LogP contribution in [-0.4, -0.2) is 21.7 Å². The molecule has 0 aromatic heterocycles. The number of carbonyl (C=O) groups excluding carboxylic acids is 1. The molecular formula is C11H20NO4P. The number of carbonyl (C=O) groups is 1. The van der Waals surface area contributed by atoms with Crippen LogP contribution in [0.1, 0.15) is 40.0 Å². The number of hydrogen-bond acceptors (Lipinski definition) is 3. The van der Waals surface area contributed by atoms with Gasteiger partial charge in [-0.25, -0.2) is 0 Å². The lowest BCUT2D eigenvalue weighted by Gasteiger charge is -2.24. The number of nitriles is 1. The Kier molecular flexibility index (Phi) is 6.04. The van der Waals surface area contributed by atoms with Crippen LogP contribution in [0.4, 0.5) is 0 Å². The molecule has 0 aliphatic carbocycles. The van der Waals surface area contributed by atoms with Crippen LogP contribution in [0.25, 0.3) is 0 Å². The van der Waals surface area contributed by atoms with Gasteiger partial charge in [0, 0.05) is 12.3 Å². The number of ketones is 1. The van der Waals surface area contributed by atoms with E-state index in [1.807, 2.05) is 0 Å². The molecular weight excluding hydrogens is 241 g/mol. The Morgan fingerprint density at radius 1 is 1.53 bits per heavy atom. The van der Waals surface area contributed by atoms with Crippen molar-refractivity contribution >= 4 is 13.4 Å². The fourth-order valence-electron chi connectivity index (χ4n) is 1.73. The first kappa shape index (κ1) is 16.3. The molecule has 0 heterocycles. The molecule has 17 heavy (non-hydrogen) atoms. The van der Waals surface area contributed by atoms with Crippen LogP contribution in [-0.2, 0) is 9.36 Å². The Bertz CT molecular complexity index is 357. The van der Waals surface area contributed by atoms with Crippen molar-refractivity contribution in [2.24, 2.45) is 11.3 Å². The summed E-state index contributed by atoms with van der Waals surface area (Å²) in [5, 5.41) is 9.07. The molecule has 0 aliphatic heterocycles. The van der Waals surface area contributed by atoms with E-state index in [4.69, 9.17) is 15.0 Å². The largest absolute Gasteiger partial charge is 0.325 e. The summed E-state index contributed by atoms with van der Waals surface area (Å²) in [6.45, 7) is 5.15. The highest BCUT2D eigenvalue weighted by atomic mass is 31.2. The van der Waals surface area contributed by atoms with E-state index in [1.54, 1.807) is 20.8 Å². The molecule has 0 bridgehead atoms. The van der Waals surface area contributed by atoms with Crippen LogP contribution in [0.15, 0.2) is 0 Å². The molecule has 0 aromatic carbocycles. The SMILES string of the molecule is CCC(=O)C(C)CC(C)(C#N)CCP(=O)(O)O. The van der Waals surface area contributed by atoms with Gasteiger partial charge in [0.25, 0.3) is 0 Å². The van der Waals surface area contributed by atoms with Gasteiger partial charge in [-0.3, -0.25) is 9.36 Å². The molecule has 0 spiro atoms. The lowest BCUT2D eigenvalue weighted by Crippen LogP contribution is -2.23. The minimum absolute atomic E-state index is 0.0719. The molecule has 2 atom stereocenters. The minimum Gasteiger partial charge on any atom is -0.324 e. The lowest BCUT2D eigenvalue weighted by atomic mass is 9.79. The fraction of sp³-hybridized carbons (Fsp3) is 0.818. The molecule has 6 heteroatoms. The summed E-state index contributed by atoms with van der Waals surface area (Å²) in [5.41, 5.74) is -0.856. The first-order chi connectivity index (χ1) is 7.63. The monoisotopic (exact) mass is 261 g/mol. The van der Waals surface area contributed by atoms with Crippen molar-refractivity contribution in [3.63, 3.8) is 0 Å². The second kappa shape index (κ2) is 6.30. The van der Waals surface area contributed by atoms with E-state index in [1.165, 1.54) is 0 Å². The van der Waals surface area contributed by atoms with Crippen LogP contribution in [0.5, 0.6) is 0 Å². The third-order valence-corrected chi connectivity index (χ3v) is 3.69. The molecule has 0 rings (SSSR count). The summed E-state index contributed by atoms with van der Waals surface area (Å²) in [6.07, 6.45) is 0.552. The highest BCUT2D eigenvalue weighted by Gasteiger charge is 2.31. The van der Waals surface area contributed by atoms with E-state index in [-0.39, 0.29) is 24.3 Å². The number of hydrogen-bond donors (Lipinski definition) is 2. The minimum atomic E-state index is -4.09. The van der Waals surface area contributed by atoms with E-state index < -0.39 is 13.0 Å². The Labute approximate surface area is 102 Å². The van der Waals surface area contributed by atoms with E-state index >= 15 is 0 Å². The Hall–Kier alpha value is -0.690. The molecule has 0 fully saturated rings. The van der Waals surface area contributed by atoms with Crippen molar-refractivity contribution in [1.29, 1.82) is 5.26 Å². The van der Waals surface area contributed by atoms with Gasteiger partial charge in [-0.1, -0.05) is 13.8 Å². The van der Waals surface area contributed by atoms with Gasteiger partial charge in [0.15, 0.2) is 0 Å². The molecule has 0 aromatic rings. The van der Waals surface area contributed by atoms with Crippen molar-refractivity contribution in [2.45, 2.75) is 40.0 Å². The molecule has 0 saturated carbocycles. The summed E-state index contributed by atoms with van der Waals surface area (Å²) in [4.78, 5) is 29.0. The zero-order chi connectivity index (χ0) is 13.7. The van der Waals surface area contributed by atoms with Crippen molar-refractivity contribution in [3.05, 3.63) is 0 Å². The van der Waals surface area contributed by atoms with E-state index in [0.717, 1.165) is 0 Å². The van der Waals surface area contributed by atoms with Gasteiger partial charge in [-0.15, -0.1) is 0 Å². The first-order valence-electron chi connectivity index (χ1n) is 5.62. The summed E-state index contributed by atoms with van der Waals surface area (Å²) in [6, 6.07) is 2.07. The smallest absolute Gasteiger partial charge is 0.324 e. The van der Waals surface area contributed by atoms with Crippen molar-refractivity contribution in [3.8, 4) is 6.07 Å². The van der Waals surface area contributed by atoms with Gasteiger partial charge in [0.2, 0.25) is 0 Å². The standard InChI is InChI=1S/C11H20NO4P/c1-4-10(13)9(2)7-11(3,8-12)5-6-17(14,15)16/h9H,4-7H2,1-3H3,(H2,14,15,16). The highest BCUT2D eigenvalue weighted by Crippen LogP contribution is 2.40.